The Balaban J connectivity index is 2.14. The van der Waals surface area contributed by atoms with Gasteiger partial charge >= 0.3 is 11.9 Å². The number of methoxy groups -OCH3 is 3. The van der Waals surface area contributed by atoms with Crippen molar-refractivity contribution in [1.82, 2.24) is 0 Å². The Morgan fingerprint density at radius 2 is 1.40 bits per heavy atom. The molecule has 0 amide bonds. The van der Waals surface area contributed by atoms with Gasteiger partial charge in [0.25, 0.3) is 10.1 Å². The van der Waals surface area contributed by atoms with Crippen LogP contribution in [-0.2, 0) is 23.8 Å². The molecule has 0 bridgehead atoms. The standard InChI is InChI=1S/C28H36Cl2O11S/c1-28(2,3)41-27(32)17-13-20(29)24(30)21(14-17)38-11-8-9-19(10-12-39-42(7,33)34)40-26(31)18-15-22(35-4)25(37-6)23(16-18)36-5/h13-16,19H,8-12H2,1-7H3. The maximum Gasteiger partial charge on any atom is 0.338 e. The predicted molar refractivity (Wildman–Crippen MR) is 157 cm³/mol. The van der Waals surface area contributed by atoms with Crippen LogP contribution in [0.15, 0.2) is 24.3 Å². The van der Waals surface area contributed by atoms with Crippen LogP contribution in [0.25, 0.3) is 0 Å². The second kappa shape index (κ2) is 15.5. The SMILES string of the molecule is COc1cc(C(=O)OC(CCCOc2cc(C(=O)OC(C)(C)C)cc(Cl)c2Cl)CCOS(C)(=O)=O)cc(OC)c1OC. The molecule has 0 heterocycles. The molecule has 0 spiro atoms. The van der Waals surface area contributed by atoms with E-state index in [1.807, 2.05) is 0 Å². The Morgan fingerprint density at radius 3 is 1.93 bits per heavy atom. The molecule has 234 valence electrons. The molecule has 11 nitrogen and oxygen atoms in total. The van der Waals surface area contributed by atoms with Crippen molar-refractivity contribution in [2.45, 2.75) is 51.7 Å². The van der Waals surface area contributed by atoms with Gasteiger partial charge in [0.05, 0.1) is 56.9 Å². The highest BCUT2D eigenvalue weighted by atomic mass is 35.5. The van der Waals surface area contributed by atoms with Crippen molar-refractivity contribution in [3.05, 3.63) is 45.4 Å². The quantitative estimate of drug-likeness (QED) is 0.133. The minimum absolute atomic E-state index is 0.0872. The number of esters is 2. The normalized spacial score (nSPS) is 12.3. The van der Waals surface area contributed by atoms with Crippen molar-refractivity contribution in [3.8, 4) is 23.0 Å². The number of ether oxygens (including phenoxy) is 6. The molecule has 0 radical (unpaired) electrons. The van der Waals surface area contributed by atoms with Gasteiger partial charge in [-0.2, -0.15) is 8.42 Å². The summed E-state index contributed by atoms with van der Waals surface area (Å²) in [6.45, 7) is 5.13. The Morgan fingerprint density at radius 1 is 0.833 bits per heavy atom. The lowest BCUT2D eigenvalue weighted by atomic mass is 10.1. The zero-order valence-electron chi connectivity index (χ0n) is 24.6. The topological polar surface area (TPSA) is 133 Å². The van der Waals surface area contributed by atoms with Gasteiger partial charge in [0.1, 0.15) is 22.5 Å². The summed E-state index contributed by atoms with van der Waals surface area (Å²) in [6.07, 6.45) is 0.910. The maximum absolute atomic E-state index is 13.0. The van der Waals surface area contributed by atoms with E-state index in [2.05, 4.69) is 0 Å². The summed E-state index contributed by atoms with van der Waals surface area (Å²) in [4.78, 5) is 25.5. The van der Waals surface area contributed by atoms with Crippen LogP contribution >= 0.6 is 23.2 Å². The summed E-state index contributed by atoms with van der Waals surface area (Å²) in [6, 6.07) is 5.72. The summed E-state index contributed by atoms with van der Waals surface area (Å²) >= 11 is 12.5. The molecule has 0 aromatic heterocycles. The summed E-state index contributed by atoms with van der Waals surface area (Å²) in [5.41, 5.74) is -0.404. The second-order valence-electron chi connectivity index (χ2n) is 10.0. The summed E-state index contributed by atoms with van der Waals surface area (Å²) < 4.78 is 60.5. The van der Waals surface area contributed by atoms with Crippen LogP contribution in [0.4, 0.5) is 0 Å². The summed E-state index contributed by atoms with van der Waals surface area (Å²) in [5.74, 6) is -0.274. The van der Waals surface area contributed by atoms with Crippen molar-refractivity contribution >= 4 is 45.3 Å². The second-order valence-corrected chi connectivity index (χ2v) is 12.4. The van der Waals surface area contributed by atoms with Crippen LogP contribution in [0.5, 0.6) is 23.0 Å². The number of hydrogen-bond donors (Lipinski definition) is 0. The van der Waals surface area contributed by atoms with Gasteiger partial charge in [-0.25, -0.2) is 9.59 Å². The van der Waals surface area contributed by atoms with E-state index in [0.29, 0.717) is 12.2 Å². The third kappa shape index (κ3) is 11.0. The van der Waals surface area contributed by atoms with Gasteiger partial charge in [0.2, 0.25) is 5.75 Å². The number of rotatable bonds is 15. The largest absolute Gasteiger partial charge is 0.493 e. The van der Waals surface area contributed by atoms with Crippen LogP contribution in [0.1, 0.15) is 60.7 Å². The van der Waals surface area contributed by atoms with Crippen LogP contribution < -0.4 is 18.9 Å². The first kappa shape index (κ1) is 35.3. The van der Waals surface area contributed by atoms with Crippen LogP contribution in [0.3, 0.4) is 0 Å². The molecule has 0 saturated carbocycles. The molecule has 2 rings (SSSR count). The fraction of sp³-hybridized carbons (Fsp3) is 0.500. The minimum Gasteiger partial charge on any atom is -0.493 e. The van der Waals surface area contributed by atoms with Crippen LogP contribution in [0, 0.1) is 0 Å². The van der Waals surface area contributed by atoms with E-state index < -0.39 is 33.8 Å². The average Bonchev–Trinajstić information content (AvgIpc) is 2.90. The highest BCUT2D eigenvalue weighted by Gasteiger charge is 2.23. The molecule has 42 heavy (non-hydrogen) atoms. The van der Waals surface area contributed by atoms with Crippen molar-refractivity contribution in [1.29, 1.82) is 0 Å². The lowest BCUT2D eigenvalue weighted by molar-refractivity contribution is 0.00684. The molecule has 0 aliphatic rings. The van der Waals surface area contributed by atoms with E-state index in [4.69, 9.17) is 55.8 Å². The van der Waals surface area contributed by atoms with E-state index in [1.165, 1.54) is 45.6 Å². The van der Waals surface area contributed by atoms with Crippen molar-refractivity contribution in [3.63, 3.8) is 0 Å². The number of carbonyl (C=O) groups excluding carboxylic acids is 2. The molecular weight excluding hydrogens is 615 g/mol. The Hall–Kier alpha value is -2.93. The molecule has 0 aliphatic carbocycles. The molecule has 0 aliphatic heterocycles. The highest BCUT2D eigenvalue weighted by Crippen LogP contribution is 2.38. The Kier molecular flexibility index (Phi) is 13.0. The Bertz CT molecular complexity index is 1330. The first-order valence-corrected chi connectivity index (χ1v) is 15.4. The van der Waals surface area contributed by atoms with Crippen LogP contribution in [0.2, 0.25) is 10.0 Å². The molecule has 1 atom stereocenters. The van der Waals surface area contributed by atoms with Gasteiger partial charge in [0, 0.05) is 6.42 Å². The zero-order valence-corrected chi connectivity index (χ0v) is 26.9. The number of halogens is 2. The number of benzene rings is 2. The monoisotopic (exact) mass is 650 g/mol. The smallest absolute Gasteiger partial charge is 0.338 e. The molecule has 2 aromatic rings. The fourth-order valence-electron chi connectivity index (χ4n) is 3.63. The van der Waals surface area contributed by atoms with E-state index >= 15 is 0 Å². The van der Waals surface area contributed by atoms with E-state index in [1.54, 1.807) is 20.8 Å². The molecule has 0 N–H and O–H groups in total. The summed E-state index contributed by atoms with van der Waals surface area (Å²) in [5, 5.41) is 0.237. The molecule has 14 heteroatoms. The van der Waals surface area contributed by atoms with E-state index in [-0.39, 0.29) is 64.5 Å². The molecular formula is C28H36Cl2O11S. The summed E-state index contributed by atoms with van der Waals surface area (Å²) in [7, 11) is 0.576. The maximum atomic E-state index is 13.0. The van der Waals surface area contributed by atoms with Gasteiger partial charge in [-0.05, 0) is 57.9 Å². The van der Waals surface area contributed by atoms with E-state index in [0.717, 1.165) is 6.26 Å². The third-order valence-corrected chi connectivity index (χ3v) is 6.85. The lowest BCUT2D eigenvalue weighted by Crippen LogP contribution is -2.24. The van der Waals surface area contributed by atoms with Gasteiger partial charge in [-0.15, -0.1) is 0 Å². The zero-order chi connectivity index (χ0) is 31.7. The van der Waals surface area contributed by atoms with Gasteiger partial charge in [0.15, 0.2) is 11.5 Å². The fourth-order valence-corrected chi connectivity index (χ4v) is 4.40. The molecule has 0 fully saturated rings. The van der Waals surface area contributed by atoms with Crippen LogP contribution in [-0.4, -0.2) is 72.9 Å². The first-order chi connectivity index (χ1) is 19.6. The van der Waals surface area contributed by atoms with E-state index in [9.17, 15) is 18.0 Å². The minimum atomic E-state index is -3.70. The van der Waals surface area contributed by atoms with Crippen molar-refractivity contribution < 1.29 is 50.6 Å². The van der Waals surface area contributed by atoms with Gasteiger partial charge in [-0.1, -0.05) is 23.2 Å². The molecule has 0 saturated heterocycles. The van der Waals surface area contributed by atoms with Crippen molar-refractivity contribution in [2.75, 3.05) is 40.8 Å². The highest BCUT2D eigenvalue weighted by molar-refractivity contribution is 7.85. The van der Waals surface area contributed by atoms with Gasteiger partial charge < -0.3 is 28.4 Å². The lowest BCUT2D eigenvalue weighted by Gasteiger charge is -2.20. The first-order valence-electron chi connectivity index (χ1n) is 12.8. The van der Waals surface area contributed by atoms with Gasteiger partial charge in [-0.3, -0.25) is 4.18 Å². The molecule has 2 aromatic carbocycles. The number of hydrogen-bond acceptors (Lipinski definition) is 11. The average molecular weight is 652 g/mol. The van der Waals surface area contributed by atoms with Crippen molar-refractivity contribution in [2.24, 2.45) is 0 Å². The number of carbonyl (C=O) groups is 2. The third-order valence-electron chi connectivity index (χ3n) is 5.47. The predicted octanol–water partition coefficient (Wildman–Crippen LogP) is 5.73. The molecule has 1 unspecified atom stereocenters. The Labute approximate surface area is 256 Å².